The van der Waals surface area contributed by atoms with Crippen molar-refractivity contribution >= 4 is 28.8 Å². The Bertz CT molecular complexity index is 1320. The van der Waals surface area contributed by atoms with E-state index in [-0.39, 0.29) is 40.2 Å². The first kappa shape index (κ1) is 25.3. The van der Waals surface area contributed by atoms with E-state index < -0.39 is 10.9 Å². The average Bonchev–Trinajstić information content (AvgIpc) is 2.84. The first-order valence-corrected chi connectivity index (χ1v) is 10.7. The van der Waals surface area contributed by atoms with Gasteiger partial charge in [-0.3, -0.25) is 9.59 Å². The number of ether oxygens (including phenoxy) is 3. The van der Waals surface area contributed by atoms with Crippen molar-refractivity contribution in [2.24, 2.45) is 5.41 Å². The van der Waals surface area contributed by atoms with Gasteiger partial charge in [-0.2, -0.15) is 10.2 Å². The Morgan fingerprint density at radius 1 is 0.971 bits per heavy atom. The fourth-order valence-corrected chi connectivity index (χ4v) is 3.10. The van der Waals surface area contributed by atoms with Crippen LogP contribution in [0.5, 0.6) is 17.2 Å². The zero-order valence-corrected chi connectivity index (χ0v) is 20.7. The Balaban J connectivity index is 1.94. The van der Waals surface area contributed by atoms with Crippen LogP contribution in [-0.2, 0) is 0 Å². The van der Waals surface area contributed by atoms with E-state index in [1.165, 1.54) is 27.5 Å². The number of methoxy groups -OCH3 is 3. The summed E-state index contributed by atoms with van der Waals surface area (Å²) >= 11 is 0. The molecule has 11 nitrogen and oxygen atoms in total. The monoisotopic (exact) mass is 480 g/mol. The lowest BCUT2D eigenvalue weighted by Crippen LogP contribution is -2.41. The van der Waals surface area contributed by atoms with Crippen LogP contribution in [0, 0.1) is 16.7 Å². The van der Waals surface area contributed by atoms with E-state index in [0.29, 0.717) is 22.9 Å². The molecular formula is C24H28N6O5. The maximum atomic E-state index is 12.3. The fraction of sp³-hybridized carbons (Fsp3) is 0.375. The summed E-state index contributed by atoms with van der Waals surface area (Å²) in [6, 6.07) is 5.23. The quantitative estimate of drug-likeness (QED) is 0.387. The molecule has 184 valence electrons. The summed E-state index contributed by atoms with van der Waals surface area (Å²) in [5.74, 6) is 1.49. The van der Waals surface area contributed by atoms with Crippen molar-refractivity contribution in [3.8, 4) is 23.3 Å². The Hall–Kier alpha value is -4.33. The molecule has 0 bridgehead atoms. The molecule has 0 amide bonds. The van der Waals surface area contributed by atoms with Gasteiger partial charge in [0.05, 0.1) is 27.5 Å². The lowest BCUT2D eigenvalue weighted by atomic mass is 9.87. The molecular weight excluding hydrogens is 452 g/mol. The number of nitriles is 1. The second-order valence-electron chi connectivity index (χ2n) is 8.87. The van der Waals surface area contributed by atoms with Gasteiger partial charge in [0.25, 0.3) is 10.9 Å². The topological polar surface area (TPSA) is 147 Å². The summed E-state index contributed by atoms with van der Waals surface area (Å²) in [6.45, 7) is 7.97. The zero-order chi connectivity index (χ0) is 25.9. The lowest BCUT2D eigenvalue weighted by Gasteiger charge is -2.30. The maximum absolute atomic E-state index is 12.3. The highest BCUT2D eigenvalue weighted by atomic mass is 16.5. The molecule has 3 N–H and O–H groups in total. The van der Waals surface area contributed by atoms with Crippen LogP contribution >= 0.6 is 0 Å². The maximum Gasteiger partial charge on any atom is 0.253 e. The molecule has 1 atom stereocenters. The number of hydrogen-bond donors (Lipinski definition) is 3. The third kappa shape index (κ3) is 5.11. The Kier molecular flexibility index (Phi) is 7.14. The summed E-state index contributed by atoms with van der Waals surface area (Å²) in [7, 11) is 4.50. The second kappa shape index (κ2) is 9.89. The van der Waals surface area contributed by atoms with Crippen molar-refractivity contribution in [3.05, 3.63) is 44.3 Å². The van der Waals surface area contributed by atoms with Gasteiger partial charge in [-0.05, 0) is 12.3 Å². The van der Waals surface area contributed by atoms with Crippen molar-refractivity contribution in [2.45, 2.75) is 33.7 Å². The Morgan fingerprint density at radius 3 is 2.09 bits per heavy atom. The lowest BCUT2D eigenvalue weighted by molar-refractivity contribution is 0.324. The Morgan fingerprint density at radius 2 is 1.57 bits per heavy atom. The molecule has 0 aliphatic heterocycles. The molecule has 3 aromatic rings. The smallest absolute Gasteiger partial charge is 0.253 e. The summed E-state index contributed by atoms with van der Waals surface area (Å²) < 4.78 is 16.0. The first-order valence-electron chi connectivity index (χ1n) is 10.7. The Labute approximate surface area is 202 Å². The van der Waals surface area contributed by atoms with Gasteiger partial charge in [-0.15, -0.1) is 0 Å². The van der Waals surface area contributed by atoms with E-state index in [1.807, 2.05) is 33.8 Å². The van der Waals surface area contributed by atoms with Gasteiger partial charge in [0.15, 0.2) is 17.3 Å². The van der Waals surface area contributed by atoms with E-state index in [0.717, 1.165) is 0 Å². The van der Waals surface area contributed by atoms with E-state index in [9.17, 15) is 14.9 Å². The minimum absolute atomic E-state index is 0.0556. The zero-order valence-electron chi connectivity index (χ0n) is 20.7. The third-order valence-corrected chi connectivity index (χ3v) is 5.64. The molecule has 0 spiro atoms. The van der Waals surface area contributed by atoms with Gasteiger partial charge in [0.2, 0.25) is 11.7 Å². The highest BCUT2D eigenvalue weighted by Crippen LogP contribution is 2.40. The van der Waals surface area contributed by atoms with Crippen molar-refractivity contribution in [1.29, 1.82) is 5.26 Å². The minimum atomic E-state index is -0.685. The number of nitrogens with zero attached hydrogens (tertiary/aromatic N) is 3. The second-order valence-corrected chi connectivity index (χ2v) is 8.87. The molecule has 0 saturated carbocycles. The predicted octanol–water partition coefficient (Wildman–Crippen LogP) is 3.30. The third-order valence-electron chi connectivity index (χ3n) is 5.64. The molecule has 1 heterocycles. The van der Waals surface area contributed by atoms with Gasteiger partial charge in [-0.25, -0.2) is 4.98 Å². The van der Waals surface area contributed by atoms with Gasteiger partial charge in [0.1, 0.15) is 23.0 Å². The summed E-state index contributed by atoms with van der Waals surface area (Å²) in [5.41, 5.74) is -0.600. The number of anilines is 5. The van der Waals surface area contributed by atoms with Crippen molar-refractivity contribution < 1.29 is 14.2 Å². The van der Waals surface area contributed by atoms with Crippen molar-refractivity contribution in [2.75, 3.05) is 37.3 Å². The standard InChI is InChI=1S/C24H28N6O5/c1-12(24(2,3)4)27-17-18(20(32)19(17)31)29-22-13(10-25)11-26-23(30-22)28-14-8-15(33-5)21(35-7)16(9-14)34-6/h8-9,11-12,27H,1-7H3,(H2,26,28,29,30). The summed E-state index contributed by atoms with van der Waals surface area (Å²) in [6.07, 6.45) is 1.31. The van der Waals surface area contributed by atoms with Crippen molar-refractivity contribution in [1.82, 2.24) is 9.97 Å². The highest BCUT2D eigenvalue weighted by molar-refractivity contribution is 5.79. The van der Waals surface area contributed by atoms with Gasteiger partial charge < -0.3 is 30.2 Å². The molecule has 35 heavy (non-hydrogen) atoms. The molecule has 0 aliphatic rings. The van der Waals surface area contributed by atoms with Crippen LogP contribution in [0.3, 0.4) is 0 Å². The summed E-state index contributed by atoms with van der Waals surface area (Å²) in [5, 5.41) is 18.5. The number of rotatable bonds is 9. The molecule has 3 rings (SSSR count). The van der Waals surface area contributed by atoms with Crippen LogP contribution in [0.25, 0.3) is 0 Å². The van der Waals surface area contributed by atoms with Crippen LogP contribution in [0.1, 0.15) is 33.3 Å². The molecule has 2 aromatic carbocycles. The van der Waals surface area contributed by atoms with Crippen LogP contribution in [0.2, 0.25) is 0 Å². The molecule has 0 aliphatic carbocycles. The molecule has 0 saturated heterocycles. The number of nitrogens with one attached hydrogen (secondary N) is 3. The average molecular weight is 481 g/mol. The van der Waals surface area contributed by atoms with Crippen molar-refractivity contribution in [3.63, 3.8) is 0 Å². The molecule has 1 aromatic heterocycles. The van der Waals surface area contributed by atoms with Crippen LogP contribution in [0.4, 0.5) is 28.8 Å². The molecule has 11 heteroatoms. The van der Waals surface area contributed by atoms with Crippen LogP contribution < -0.4 is 41.0 Å². The van der Waals surface area contributed by atoms with E-state index in [4.69, 9.17) is 14.2 Å². The molecule has 0 fully saturated rings. The van der Waals surface area contributed by atoms with Crippen LogP contribution in [-0.4, -0.2) is 37.3 Å². The highest BCUT2D eigenvalue weighted by Gasteiger charge is 2.27. The van der Waals surface area contributed by atoms with Gasteiger partial charge >= 0.3 is 0 Å². The number of aromatic nitrogens is 2. The van der Waals surface area contributed by atoms with Crippen LogP contribution in [0.15, 0.2) is 27.9 Å². The van der Waals surface area contributed by atoms with E-state index in [1.54, 1.807) is 12.1 Å². The van der Waals surface area contributed by atoms with Gasteiger partial charge in [0, 0.05) is 23.9 Å². The SMILES string of the molecule is COc1cc(Nc2ncc(C#N)c(Nc3c(NC(C)C(C)(C)C)c(=O)c3=O)n2)cc(OC)c1OC. The molecule has 1 unspecified atom stereocenters. The first-order chi connectivity index (χ1) is 16.5. The molecule has 0 radical (unpaired) electrons. The largest absolute Gasteiger partial charge is 0.493 e. The van der Waals surface area contributed by atoms with Gasteiger partial charge in [-0.1, -0.05) is 20.8 Å². The van der Waals surface area contributed by atoms with E-state index in [2.05, 4.69) is 25.9 Å². The predicted molar refractivity (Wildman–Crippen MR) is 133 cm³/mol. The minimum Gasteiger partial charge on any atom is -0.493 e. The number of benzene rings is 1. The van der Waals surface area contributed by atoms with E-state index >= 15 is 0 Å². The normalized spacial score (nSPS) is 11.9. The number of hydrogen-bond acceptors (Lipinski definition) is 11. The fourth-order valence-electron chi connectivity index (χ4n) is 3.10. The summed E-state index contributed by atoms with van der Waals surface area (Å²) in [4.78, 5) is 33.0.